The summed E-state index contributed by atoms with van der Waals surface area (Å²) in [5, 5.41) is 0. The van der Waals surface area contributed by atoms with Crippen molar-refractivity contribution in [2.75, 3.05) is 39.5 Å². The third-order valence-electron chi connectivity index (χ3n) is 4.08. The van der Waals surface area contributed by atoms with E-state index >= 15 is 0 Å². The molecule has 2 rings (SSSR count). The molecule has 0 spiro atoms. The molecular formula is C15H25N3O. The van der Waals surface area contributed by atoms with Crippen molar-refractivity contribution in [1.82, 2.24) is 9.80 Å². The van der Waals surface area contributed by atoms with Gasteiger partial charge in [0.15, 0.2) is 0 Å². The van der Waals surface area contributed by atoms with E-state index in [4.69, 9.17) is 10.5 Å². The Labute approximate surface area is 116 Å². The molecule has 1 fully saturated rings. The maximum absolute atomic E-state index is 6.06. The topological polar surface area (TPSA) is 41.7 Å². The molecule has 1 atom stereocenters. The number of nitrogens with zero attached hydrogens (tertiary/aromatic N) is 2. The zero-order chi connectivity index (χ0) is 13.8. The van der Waals surface area contributed by atoms with Crippen molar-refractivity contribution >= 4 is 5.69 Å². The highest BCUT2D eigenvalue weighted by molar-refractivity contribution is 5.50. The number of benzene rings is 1. The number of nitrogen functional groups attached to an aromatic ring is 1. The lowest BCUT2D eigenvalue weighted by atomic mass is 10.1. The van der Waals surface area contributed by atoms with Crippen molar-refractivity contribution in [1.29, 1.82) is 0 Å². The first-order chi connectivity index (χ1) is 9.13. The van der Waals surface area contributed by atoms with Crippen molar-refractivity contribution < 1.29 is 4.74 Å². The van der Waals surface area contributed by atoms with E-state index in [0.717, 1.165) is 37.6 Å². The summed E-state index contributed by atoms with van der Waals surface area (Å²) in [4.78, 5) is 4.94. The summed E-state index contributed by atoms with van der Waals surface area (Å²) in [5.74, 6) is 0.880. The molecule has 106 valence electrons. The van der Waals surface area contributed by atoms with Crippen LogP contribution in [0.25, 0.3) is 0 Å². The fraction of sp³-hybridized carbons (Fsp3) is 0.600. The number of methoxy groups -OCH3 is 1. The number of hydrogen-bond acceptors (Lipinski definition) is 4. The van der Waals surface area contributed by atoms with Gasteiger partial charge in [0, 0.05) is 37.9 Å². The second-order valence-electron chi connectivity index (χ2n) is 5.34. The number of likely N-dealkylation sites (N-methyl/N-ethyl adjacent to an activating group) is 1. The smallest absolute Gasteiger partial charge is 0.119 e. The third-order valence-corrected chi connectivity index (χ3v) is 4.08. The van der Waals surface area contributed by atoms with Gasteiger partial charge in [0.25, 0.3) is 0 Å². The van der Waals surface area contributed by atoms with Gasteiger partial charge in [0.2, 0.25) is 0 Å². The normalized spacial score (nSPS) is 21.5. The van der Waals surface area contributed by atoms with Gasteiger partial charge in [-0.2, -0.15) is 0 Å². The van der Waals surface area contributed by atoms with Gasteiger partial charge < -0.3 is 15.4 Å². The first-order valence-electron chi connectivity index (χ1n) is 6.99. The number of rotatable bonds is 4. The quantitative estimate of drug-likeness (QED) is 0.841. The Morgan fingerprint density at radius 2 is 2.16 bits per heavy atom. The van der Waals surface area contributed by atoms with Crippen LogP contribution in [0.3, 0.4) is 0 Å². The summed E-state index contributed by atoms with van der Waals surface area (Å²) in [6, 6.07) is 6.55. The summed E-state index contributed by atoms with van der Waals surface area (Å²) in [7, 11) is 3.91. The van der Waals surface area contributed by atoms with Crippen molar-refractivity contribution in [3.05, 3.63) is 23.8 Å². The Morgan fingerprint density at radius 1 is 1.37 bits per heavy atom. The molecule has 4 nitrogen and oxygen atoms in total. The molecule has 0 aromatic heterocycles. The second kappa shape index (κ2) is 6.26. The van der Waals surface area contributed by atoms with E-state index in [1.54, 1.807) is 7.11 Å². The molecule has 1 aliphatic heterocycles. The molecule has 4 heteroatoms. The molecular weight excluding hydrogens is 238 g/mol. The van der Waals surface area contributed by atoms with E-state index in [0.29, 0.717) is 6.04 Å². The minimum atomic E-state index is 0.653. The van der Waals surface area contributed by atoms with Crippen LogP contribution in [0.2, 0.25) is 0 Å². The van der Waals surface area contributed by atoms with Gasteiger partial charge in [0.1, 0.15) is 5.75 Å². The second-order valence-corrected chi connectivity index (χ2v) is 5.34. The van der Waals surface area contributed by atoms with Crippen LogP contribution in [0.5, 0.6) is 5.75 Å². The van der Waals surface area contributed by atoms with E-state index in [9.17, 15) is 0 Å². The third kappa shape index (κ3) is 3.39. The Morgan fingerprint density at radius 3 is 2.84 bits per heavy atom. The van der Waals surface area contributed by atoms with Crippen LogP contribution in [0, 0.1) is 0 Å². The maximum atomic E-state index is 6.06. The molecule has 1 unspecified atom stereocenters. The predicted octanol–water partition coefficient (Wildman–Crippen LogP) is 1.80. The van der Waals surface area contributed by atoms with Crippen molar-refractivity contribution in [2.24, 2.45) is 0 Å². The first kappa shape index (κ1) is 14.2. The Hall–Kier alpha value is -1.26. The van der Waals surface area contributed by atoms with Crippen LogP contribution in [0.4, 0.5) is 5.69 Å². The molecule has 19 heavy (non-hydrogen) atoms. The average molecular weight is 263 g/mol. The van der Waals surface area contributed by atoms with Gasteiger partial charge in [0.05, 0.1) is 7.11 Å². The lowest BCUT2D eigenvalue weighted by Crippen LogP contribution is -2.50. The van der Waals surface area contributed by atoms with Gasteiger partial charge in [-0.25, -0.2) is 0 Å². The fourth-order valence-electron chi connectivity index (χ4n) is 2.68. The van der Waals surface area contributed by atoms with Gasteiger partial charge in [-0.1, -0.05) is 6.92 Å². The summed E-state index contributed by atoms with van der Waals surface area (Å²) >= 11 is 0. The van der Waals surface area contributed by atoms with Crippen LogP contribution in [-0.4, -0.2) is 49.6 Å². The van der Waals surface area contributed by atoms with Crippen LogP contribution < -0.4 is 10.5 Å². The van der Waals surface area contributed by atoms with E-state index in [1.807, 2.05) is 12.1 Å². The number of nitrogens with two attached hydrogens (primary N) is 1. The monoisotopic (exact) mass is 263 g/mol. The van der Waals surface area contributed by atoms with Gasteiger partial charge in [-0.05, 0) is 37.2 Å². The highest BCUT2D eigenvalue weighted by Crippen LogP contribution is 2.22. The number of hydrogen-bond donors (Lipinski definition) is 1. The summed E-state index contributed by atoms with van der Waals surface area (Å²) in [6.45, 7) is 6.51. The van der Waals surface area contributed by atoms with Crippen molar-refractivity contribution in [2.45, 2.75) is 25.9 Å². The van der Waals surface area contributed by atoms with Crippen LogP contribution in [-0.2, 0) is 6.54 Å². The zero-order valence-corrected chi connectivity index (χ0v) is 12.2. The first-order valence-corrected chi connectivity index (χ1v) is 6.99. The Bertz CT molecular complexity index is 422. The Kier molecular flexibility index (Phi) is 4.66. The van der Waals surface area contributed by atoms with Crippen LogP contribution >= 0.6 is 0 Å². The van der Waals surface area contributed by atoms with E-state index < -0.39 is 0 Å². The van der Waals surface area contributed by atoms with Crippen molar-refractivity contribution in [3.63, 3.8) is 0 Å². The van der Waals surface area contributed by atoms with Gasteiger partial charge in [-0.3, -0.25) is 4.90 Å². The molecule has 1 aromatic carbocycles. The SMILES string of the molecule is CCC1CN(Cc2cc(OC)ccc2N)CCN1C. The number of anilines is 1. The molecule has 1 aromatic rings. The standard InChI is InChI=1S/C15H25N3O/c1-4-13-11-18(8-7-17(13)2)10-12-9-14(19-3)5-6-15(12)16/h5-6,9,13H,4,7-8,10-11,16H2,1-3H3. The predicted molar refractivity (Wildman–Crippen MR) is 79.4 cm³/mol. The fourth-order valence-corrected chi connectivity index (χ4v) is 2.68. The average Bonchev–Trinajstić information content (AvgIpc) is 2.43. The molecule has 0 amide bonds. The van der Waals surface area contributed by atoms with Crippen LogP contribution in [0.15, 0.2) is 18.2 Å². The molecule has 1 saturated heterocycles. The van der Waals surface area contributed by atoms with Crippen LogP contribution in [0.1, 0.15) is 18.9 Å². The molecule has 2 N–H and O–H groups in total. The highest BCUT2D eigenvalue weighted by atomic mass is 16.5. The lowest BCUT2D eigenvalue weighted by Gasteiger charge is -2.39. The molecule has 0 aliphatic carbocycles. The number of piperazine rings is 1. The number of ether oxygens (including phenoxy) is 1. The van der Waals surface area contributed by atoms with E-state index in [2.05, 4.69) is 29.8 Å². The molecule has 1 aliphatic rings. The van der Waals surface area contributed by atoms with E-state index in [-0.39, 0.29) is 0 Å². The van der Waals surface area contributed by atoms with Gasteiger partial charge in [-0.15, -0.1) is 0 Å². The summed E-state index contributed by atoms with van der Waals surface area (Å²) in [5.41, 5.74) is 8.08. The minimum Gasteiger partial charge on any atom is -0.497 e. The lowest BCUT2D eigenvalue weighted by molar-refractivity contribution is 0.0885. The molecule has 1 heterocycles. The summed E-state index contributed by atoms with van der Waals surface area (Å²) < 4.78 is 5.28. The van der Waals surface area contributed by atoms with E-state index in [1.165, 1.54) is 12.0 Å². The molecule has 0 bridgehead atoms. The largest absolute Gasteiger partial charge is 0.497 e. The maximum Gasteiger partial charge on any atom is 0.119 e. The Balaban J connectivity index is 2.04. The minimum absolute atomic E-state index is 0.653. The summed E-state index contributed by atoms with van der Waals surface area (Å²) in [6.07, 6.45) is 1.20. The highest BCUT2D eigenvalue weighted by Gasteiger charge is 2.23. The zero-order valence-electron chi connectivity index (χ0n) is 12.2. The van der Waals surface area contributed by atoms with Gasteiger partial charge >= 0.3 is 0 Å². The molecule has 0 saturated carbocycles. The van der Waals surface area contributed by atoms with Crippen molar-refractivity contribution in [3.8, 4) is 5.75 Å². The molecule has 0 radical (unpaired) electrons.